The zero-order chi connectivity index (χ0) is 15.2. The Bertz CT molecular complexity index is 567. The van der Waals surface area contributed by atoms with E-state index in [0.29, 0.717) is 12.5 Å². The van der Waals surface area contributed by atoms with Crippen LogP contribution in [0.25, 0.3) is 0 Å². The Morgan fingerprint density at radius 2 is 2.10 bits per heavy atom. The van der Waals surface area contributed by atoms with Crippen LogP contribution < -0.4 is 15.8 Å². The van der Waals surface area contributed by atoms with Crippen molar-refractivity contribution in [3.8, 4) is 0 Å². The number of sulfonamides is 1. The molecular weight excluding hydrogens is 276 g/mol. The minimum absolute atomic E-state index is 0.104. The maximum absolute atomic E-state index is 11.3. The zero-order valence-electron chi connectivity index (χ0n) is 12.1. The van der Waals surface area contributed by atoms with Crippen LogP contribution in [-0.2, 0) is 16.6 Å². The molecule has 20 heavy (non-hydrogen) atoms. The Labute approximate surface area is 120 Å². The first-order valence-corrected chi connectivity index (χ1v) is 8.04. The van der Waals surface area contributed by atoms with Crippen molar-refractivity contribution in [3.63, 3.8) is 0 Å². The number of hydrogen-bond acceptors (Lipinski definition) is 3. The highest BCUT2D eigenvalue weighted by molar-refractivity contribution is 7.89. The highest BCUT2D eigenvalue weighted by Crippen LogP contribution is 2.10. The second-order valence-corrected chi connectivity index (χ2v) is 6.25. The Hall–Kier alpha value is -1.60. The van der Waals surface area contributed by atoms with Gasteiger partial charge in [0.2, 0.25) is 10.0 Å². The lowest BCUT2D eigenvalue weighted by molar-refractivity contribution is 0.597. The van der Waals surface area contributed by atoms with Gasteiger partial charge in [0.25, 0.3) is 0 Å². The van der Waals surface area contributed by atoms with Crippen LogP contribution >= 0.6 is 0 Å². The quantitative estimate of drug-likeness (QED) is 0.553. The number of nitrogens with one attached hydrogen (secondary N) is 2. The molecule has 1 aromatic rings. The lowest BCUT2D eigenvalue weighted by atomic mass is 10.2. The van der Waals surface area contributed by atoms with Gasteiger partial charge in [0.05, 0.1) is 11.4 Å². The van der Waals surface area contributed by atoms with Gasteiger partial charge >= 0.3 is 0 Å². The Morgan fingerprint density at radius 1 is 1.40 bits per heavy atom. The summed E-state index contributed by atoms with van der Waals surface area (Å²) in [6, 6.07) is 6.76. The van der Waals surface area contributed by atoms with Gasteiger partial charge in [-0.3, -0.25) is 0 Å². The molecule has 0 saturated heterocycles. The molecule has 0 heterocycles. The Balaban J connectivity index is 2.86. The van der Waals surface area contributed by atoms with Crippen molar-refractivity contribution < 1.29 is 8.42 Å². The molecule has 0 atom stereocenters. The average Bonchev–Trinajstić information content (AvgIpc) is 2.35. The van der Waals surface area contributed by atoms with Gasteiger partial charge < -0.3 is 10.6 Å². The molecule has 0 unspecified atom stereocenters. The second-order valence-electron chi connectivity index (χ2n) is 4.69. The van der Waals surface area contributed by atoms with Crippen molar-refractivity contribution in [2.24, 2.45) is 10.1 Å². The van der Waals surface area contributed by atoms with Crippen LogP contribution in [-0.4, -0.2) is 27.0 Å². The predicted molar refractivity (Wildman–Crippen MR) is 80.9 cm³/mol. The summed E-state index contributed by atoms with van der Waals surface area (Å²) in [6.07, 6.45) is 0. The first-order valence-electron chi connectivity index (χ1n) is 6.49. The van der Waals surface area contributed by atoms with Gasteiger partial charge in [-0.2, -0.15) is 0 Å². The van der Waals surface area contributed by atoms with Gasteiger partial charge in [0, 0.05) is 12.6 Å². The van der Waals surface area contributed by atoms with Gasteiger partial charge in [0.1, 0.15) is 0 Å². The van der Waals surface area contributed by atoms with Gasteiger partial charge in [-0.1, -0.05) is 12.1 Å². The fourth-order valence-corrected chi connectivity index (χ4v) is 2.17. The number of hydrogen-bond donors (Lipinski definition) is 3. The SMILES string of the molecule is CCNC(=NCc1cccc(S(N)(=O)=O)c1)NC(C)C. The van der Waals surface area contributed by atoms with Crippen LogP contribution in [0.5, 0.6) is 0 Å². The van der Waals surface area contributed by atoms with E-state index >= 15 is 0 Å². The third-order valence-electron chi connectivity index (χ3n) is 2.42. The zero-order valence-corrected chi connectivity index (χ0v) is 12.9. The van der Waals surface area contributed by atoms with Crippen LogP contribution in [0.2, 0.25) is 0 Å². The lowest BCUT2D eigenvalue weighted by Crippen LogP contribution is -2.41. The molecule has 0 bridgehead atoms. The Morgan fingerprint density at radius 3 is 2.65 bits per heavy atom. The number of aliphatic imine (C=N–C) groups is 1. The van der Waals surface area contributed by atoms with E-state index in [9.17, 15) is 8.42 Å². The van der Waals surface area contributed by atoms with Crippen molar-refractivity contribution in [1.82, 2.24) is 10.6 Å². The van der Waals surface area contributed by atoms with E-state index in [4.69, 9.17) is 5.14 Å². The molecule has 0 radical (unpaired) electrons. The van der Waals surface area contributed by atoms with Crippen molar-refractivity contribution in [3.05, 3.63) is 29.8 Å². The minimum atomic E-state index is -3.67. The van der Waals surface area contributed by atoms with Gasteiger partial charge in [-0.15, -0.1) is 0 Å². The van der Waals surface area contributed by atoms with Crippen LogP contribution in [0.4, 0.5) is 0 Å². The summed E-state index contributed by atoms with van der Waals surface area (Å²) in [5.74, 6) is 0.698. The topological polar surface area (TPSA) is 96.6 Å². The molecule has 112 valence electrons. The molecule has 6 nitrogen and oxygen atoms in total. The normalized spacial score (nSPS) is 12.6. The number of rotatable bonds is 5. The fraction of sp³-hybridized carbons (Fsp3) is 0.462. The maximum atomic E-state index is 11.3. The highest BCUT2D eigenvalue weighted by Gasteiger charge is 2.07. The molecule has 4 N–H and O–H groups in total. The summed E-state index contributed by atoms with van der Waals surface area (Å²) in [5.41, 5.74) is 0.789. The van der Waals surface area contributed by atoms with Crippen LogP contribution in [0, 0.1) is 0 Å². The van der Waals surface area contributed by atoms with Crippen molar-refractivity contribution in [2.75, 3.05) is 6.54 Å². The standard InChI is InChI=1S/C13H22N4O2S/c1-4-15-13(17-10(2)3)16-9-11-6-5-7-12(8-11)20(14,18)19/h5-8,10H,4,9H2,1-3H3,(H2,14,18,19)(H2,15,16,17). The van der Waals surface area contributed by atoms with Crippen LogP contribution in [0.1, 0.15) is 26.3 Å². The molecule has 0 aliphatic carbocycles. The monoisotopic (exact) mass is 298 g/mol. The predicted octanol–water partition coefficient (Wildman–Crippen LogP) is 0.798. The number of nitrogens with zero attached hydrogens (tertiary/aromatic N) is 1. The maximum Gasteiger partial charge on any atom is 0.238 e. The van der Waals surface area contributed by atoms with E-state index in [1.807, 2.05) is 26.8 Å². The summed E-state index contributed by atoms with van der Waals surface area (Å²) < 4.78 is 22.6. The largest absolute Gasteiger partial charge is 0.357 e. The summed E-state index contributed by atoms with van der Waals surface area (Å²) in [5, 5.41) is 11.4. The van der Waals surface area contributed by atoms with Gasteiger partial charge in [0.15, 0.2) is 5.96 Å². The van der Waals surface area contributed by atoms with Crippen LogP contribution in [0.3, 0.4) is 0 Å². The fourth-order valence-electron chi connectivity index (χ4n) is 1.58. The van der Waals surface area contributed by atoms with Crippen LogP contribution in [0.15, 0.2) is 34.2 Å². The Kier molecular flexibility index (Phi) is 5.97. The third kappa shape index (κ3) is 5.58. The molecule has 0 amide bonds. The average molecular weight is 298 g/mol. The summed E-state index contributed by atoms with van der Waals surface area (Å²) in [7, 11) is -3.67. The van der Waals surface area contributed by atoms with E-state index < -0.39 is 10.0 Å². The molecule has 0 saturated carbocycles. The van der Waals surface area contributed by atoms with Crippen molar-refractivity contribution in [2.45, 2.75) is 38.3 Å². The molecule has 0 aliphatic rings. The molecule has 1 rings (SSSR count). The number of guanidine groups is 1. The summed E-state index contributed by atoms with van der Waals surface area (Å²) >= 11 is 0. The lowest BCUT2D eigenvalue weighted by Gasteiger charge is -2.14. The van der Waals surface area contributed by atoms with Crippen molar-refractivity contribution in [1.29, 1.82) is 0 Å². The first-order chi connectivity index (χ1) is 9.32. The first kappa shape index (κ1) is 16.5. The van der Waals surface area contributed by atoms with E-state index in [2.05, 4.69) is 15.6 Å². The van der Waals surface area contributed by atoms with E-state index in [-0.39, 0.29) is 10.9 Å². The summed E-state index contributed by atoms with van der Waals surface area (Å²) in [6.45, 7) is 7.17. The third-order valence-corrected chi connectivity index (χ3v) is 3.33. The van der Waals surface area contributed by atoms with Crippen molar-refractivity contribution >= 4 is 16.0 Å². The molecule has 0 aliphatic heterocycles. The van der Waals surface area contributed by atoms with Gasteiger partial charge in [-0.25, -0.2) is 18.5 Å². The highest BCUT2D eigenvalue weighted by atomic mass is 32.2. The second kappa shape index (κ2) is 7.25. The molecular formula is C13H22N4O2S. The minimum Gasteiger partial charge on any atom is -0.357 e. The molecule has 0 fully saturated rings. The number of benzene rings is 1. The molecule has 0 spiro atoms. The van der Waals surface area contributed by atoms with E-state index in [1.54, 1.807) is 6.07 Å². The van der Waals surface area contributed by atoms with E-state index in [1.165, 1.54) is 12.1 Å². The van der Waals surface area contributed by atoms with E-state index in [0.717, 1.165) is 12.1 Å². The smallest absolute Gasteiger partial charge is 0.238 e. The number of nitrogens with two attached hydrogens (primary N) is 1. The molecule has 0 aromatic heterocycles. The molecule has 1 aromatic carbocycles. The summed E-state index contributed by atoms with van der Waals surface area (Å²) in [4.78, 5) is 4.51. The molecule has 7 heteroatoms. The number of primary sulfonamides is 1. The van der Waals surface area contributed by atoms with Gasteiger partial charge in [-0.05, 0) is 38.5 Å².